The van der Waals surface area contributed by atoms with Gasteiger partial charge in [-0.3, -0.25) is 0 Å². The number of benzene rings is 2. The van der Waals surface area contributed by atoms with Crippen LogP contribution in [0.15, 0.2) is 42.5 Å². The first-order valence-electron chi connectivity index (χ1n) is 6.46. The highest BCUT2D eigenvalue weighted by atomic mass is 16.3. The highest BCUT2D eigenvalue weighted by Gasteiger charge is 2.44. The average molecular weight is 226 g/mol. The molecule has 2 aromatic rings. The predicted octanol–water partition coefficient (Wildman–Crippen LogP) is 3.85. The predicted molar refractivity (Wildman–Crippen MR) is 70.9 cm³/mol. The molecule has 2 aromatic carbocycles. The maximum atomic E-state index is 10.9. The minimum absolute atomic E-state index is 0.457. The minimum Gasteiger partial charge on any atom is -0.385 e. The molecule has 3 rings (SSSR count). The Morgan fingerprint density at radius 3 is 2.53 bits per heavy atom. The summed E-state index contributed by atoms with van der Waals surface area (Å²) in [7, 11) is 0. The van der Waals surface area contributed by atoms with Crippen LogP contribution in [0.3, 0.4) is 0 Å². The lowest BCUT2D eigenvalue weighted by molar-refractivity contribution is 0.0104. The van der Waals surface area contributed by atoms with Crippen molar-refractivity contribution in [2.45, 2.75) is 31.8 Å². The van der Waals surface area contributed by atoms with Crippen molar-refractivity contribution in [1.29, 1.82) is 0 Å². The summed E-state index contributed by atoms with van der Waals surface area (Å²) in [5.41, 5.74) is 0.488. The molecule has 1 saturated carbocycles. The second kappa shape index (κ2) is 3.85. The van der Waals surface area contributed by atoms with Crippen molar-refractivity contribution in [3.05, 3.63) is 48.0 Å². The summed E-state index contributed by atoms with van der Waals surface area (Å²) in [5.74, 6) is 0.457. The molecule has 1 heteroatoms. The van der Waals surface area contributed by atoms with Crippen molar-refractivity contribution < 1.29 is 5.11 Å². The summed E-state index contributed by atoms with van der Waals surface area (Å²) < 4.78 is 0. The molecule has 0 bridgehead atoms. The van der Waals surface area contributed by atoms with Crippen LogP contribution in [-0.2, 0) is 5.60 Å². The lowest BCUT2D eigenvalue weighted by atomic mass is 9.83. The van der Waals surface area contributed by atoms with Gasteiger partial charge in [-0.15, -0.1) is 0 Å². The van der Waals surface area contributed by atoms with E-state index in [9.17, 15) is 5.11 Å². The fourth-order valence-electron chi connectivity index (χ4n) is 2.86. The molecular formula is C16H18O. The van der Waals surface area contributed by atoms with E-state index in [1.54, 1.807) is 0 Å². The molecule has 17 heavy (non-hydrogen) atoms. The lowest BCUT2D eigenvalue weighted by Gasteiger charge is -2.28. The Morgan fingerprint density at radius 1 is 1.12 bits per heavy atom. The molecule has 1 atom stereocenters. The first kappa shape index (κ1) is 10.8. The maximum Gasteiger partial charge on any atom is 0.0927 e. The number of aliphatic hydroxyl groups is 1. The molecule has 0 saturated heterocycles. The van der Waals surface area contributed by atoms with Gasteiger partial charge in [0.1, 0.15) is 0 Å². The van der Waals surface area contributed by atoms with Crippen molar-refractivity contribution in [3.8, 4) is 0 Å². The van der Waals surface area contributed by atoms with Crippen LogP contribution >= 0.6 is 0 Å². The minimum atomic E-state index is -0.624. The molecular weight excluding hydrogens is 208 g/mol. The molecule has 0 heterocycles. The molecule has 1 fully saturated rings. The monoisotopic (exact) mass is 226 g/mol. The Morgan fingerprint density at radius 2 is 1.82 bits per heavy atom. The topological polar surface area (TPSA) is 20.2 Å². The second-order valence-corrected chi connectivity index (χ2v) is 5.08. The van der Waals surface area contributed by atoms with Crippen molar-refractivity contribution in [1.82, 2.24) is 0 Å². The number of fused-ring (bicyclic) bond motifs is 1. The van der Waals surface area contributed by atoms with E-state index in [1.807, 2.05) is 6.07 Å². The largest absolute Gasteiger partial charge is 0.385 e. The van der Waals surface area contributed by atoms with Crippen LogP contribution in [0.25, 0.3) is 10.8 Å². The van der Waals surface area contributed by atoms with Crippen molar-refractivity contribution in [3.63, 3.8) is 0 Å². The first-order chi connectivity index (χ1) is 8.25. The third kappa shape index (κ3) is 1.66. The van der Waals surface area contributed by atoms with Crippen molar-refractivity contribution >= 4 is 10.8 Å². The molecule has 1 aliphatic rings. The molecule has 1 nitrogen and oxygen atoms in total. The van der Waals surface area contributed by atoms with Crippen LogP contribution in [-0.4, -0.2) is 5.11 Å². The van der Waals surface area contributed by atoms with Crippen LogP contribution < -0.4 is 0 Å². The quantitative estimate of drug-likeness (QED) is 0.843. The van der Waals surface area contributed by atoms with E-state index < -0.39 is 5.60 Å². The van der Waals surface area contributed by atoms with Gasteiger partial charge in [-0.25, -0.2) is 0 Å². The summed E-state index contributed by atoms with van der Waals surface area (Å²) in [5, 5.41) is 13.3. The molecule has 0 aliphatic heterocycles. The van der Waals surface area contributed by atoms with Gasteiger partial charge in [-0.05, 0) is 41.5 Å². The van der Waals surface area contributed by atoms with Gasteiger partial charge in [0.15, 0.2) is 0 Å². The summed E-state index contributed by atoms with van der Waals surface area (Å²) in [6, 6.07) is 14.6. The van der Waals surface area contributed by atoms with Crippen LogP contribution in [0, 0.1) is 5.92 Å². The zero-order valence-electron chi connectivity index (χ0n) is 10.2. The maximum absolute atomic E-state index is 10.9. The molecule has 1 aliphatic carbocycles. The fraction of sp³-hybridized carbons (Fsp3) is 0.375. The van der Waals surface area contributed by atoms with Gasteiger partial charge in [-0.1, -0.05) is 49.4 Å². The summed E-state index contributed by atoms with van der Waals surface area (Å²) >= 11 is 0. The fourth-order valence-corrected chi connectivity index (χ4v) is 2.86. The van der Waals surface area contributed by atoms with E-state index in [0.29, 0.717) is 5.92 Å². The second-order valence-electron chi connectivity index (χ2n) is 5.08. The van der Waals surface area contributed by atoms with E-state index in [-0.39, 0.29) is 0 Å². The summed E-state index contributed by atoms with van der Waals surface area (Å²) in [6.45, 7) is 2.08. The molecule has 0 spiro atoms. The van der Waals surface area contributed by atoms with Gasteiger partial charge in [0.25, 0.3) is 0 Å². The van der Waals surface area contributed by atoms with Gasteiger partial charge >= 0.3 is 0 Å². The highest BCUT2D eigenvalue weighted by molar-refractivity contribution is 5.86. The zero-order chi connectivity index (χ0) is 11.9. The van der Waals surface area contributed by atoms with Gasteiger partial charge in [0.2, 0.25) is 0 Å². The normalized spacial score (nSPS) is 19.2. The Kier molecular flexibility index (Phi) is 2.44. The summed E-state index contributed by atoms with van der Waals surface area (Å²) in [4.78, 5) is 0. The first-order valence-corrected chi connectivity index (χ1v) is 6.46. The molecule has 1 N–H and O–H groups in total. The van der Waals surface area contributed by atoms with Crippen LogP contribution in [0.1, 0.15) is 31.7 Å². The van der Waals surface area contributed by atoms with Crippen LogP contribution in [0.2, 0.25) is 0 Å². The Bertz CT molecular complexity index is 537. The van der Waals surface area contributed by atoms with Gasteiger partial charge in [0, 0.05) is 0 Å². The van der Waals surface area contributed by atoms with Crippen LogP contribution in [0.5, 0.6) is 0 Å². The third-order valence-corrected chi connectivity index (χ3v) is 4.05. The van der Waals surface area contributed by atoms with E-state index >= 15 is 0 Å². The van der Waals surface area contributed by atoms with Gasteiger partial charge in [0.05, 0.1) is 5.60 Å². The Labute approximate surface area is 102 Å². The molecule has 0 aromatic heterocycles. The third-order valence-electron chi connectivity index (χ3n) is 4.05. The van der Waals surface area contributed by atoms with E-state index in [1.165, 1.54) is 10.8 Å². The molecule has 88 valence electrons. The van der Waals surface area contributed by atoms with E-state index in [0.717, 1.165) is 24.8 Å². The Balaban J connectivity index is 2.22. The highest BCUT2D eigenvalue weighted by Crippen LogP contribution is 2.49. The average Bonchev–Trinajstić information content (AvgIpc) is 3.22. The van der Waals surface area contributed by atoms with Crippen molar-refractivity contribution in [2.24, 2.45) is 5.92 Å². The SMILES string of the molecule is CCC(O)(c1cccc2ccccc12)C1CC1. The van der Waals surface area contributed by atoms with Gasteiger partial charge in [-0.2, -0.15) is 0 Å². The molecule has 0 radical (unpaired) electrons. The summed E-state index contributed by atoms with van der Waals surface area (Å²) in [6.07, 6.45) is 3.12. The number of rotatable bonds is 3. The smallest absolute Gasteiger partial charge is 0.0927 e. The van der Waals surface area contributed by atoms with E-state index in [4.69, 9.17) is 0 Å². The zero-order valence-corrected chi connectivity index (χ0v) is 10.2. The number of hydrogen-bond acceptors (Lipinski definition) is 1. The molecule has 1 unspecified atom stereocenters. The number of hydrogen-bond donors (Lipinski definition) is 1. The van der Waals surface area contributed by atoms with E-state index in [2.05, 4.69) is 43.3 Å². The van der Waals surface area contributed by atoms with Crippen LogP contribution in [0.4, 0.5) is 0 Å². The Hall–Kier alpha value is -1.34. The van der Waals surface area contributed by atoms with Crippen molar-refractivity contribution in [2.75, 3.05) is 0 Å². The van der Waals surface area contributed by atoms with Gasteiger partial charge < -0.3 is 5.11 Å². The molecule has 0 amide bonds. The standard InChI is InChI=1S/C16H18O/c1-2-16(17,13-10-11-13)15-9-5-7-12-6-3-4-8-14(12)15/h3-9,13,17H,2,10-11H2,1H3. The lowest BCUT2D eigenvalue weighted by Crippen LogP contribution is -2.27.